The van der Waals surface area contributed by atoms with Crippen LogP contribution in [-0.4, -0.2) is 15.9 Å². The van der Waals surface area contributed by atoms with Crippen LogP contribution in [0, 0.1) is 0 Å². The number of nitrogens with zero attached hydrogens (tertiary/aromatic N) is 1. The van der Waals surface area contributed by atoms with Crippen LogP contribution in [0.1, 0.15) is 5.56 Å². The van der Waals surface area contributed by atoms with Gasteiger partial charge in [-0.15, -0.1) is 23.5 Å². The highest BCUT2D eigenvalue weighted by Gasteiger charge is 2.15. The number of fused-ring (bicyclic) bond motifs is 1. The molecule has 0 bridgehead atoms. The number of rotatable bonds is 4. The third-order valence-electron chi connectivity index (χ3n) is 3.76. The zero-order valence-corrected chi connectivity index (χ0v) is 14.6. The van der Waals surface area contributed by atoms with Gasteiger partial charge in [0.1, 0.15) is 10.6 Å². The molecular formula is C18H17NO2S2. The standard InChI is InChI=1S/C18H17NO2S2/c1-19-15-9-8-13(22-2)10-14(15)16(20)17(18(19)21)23-11-12-6-4-3-5-7-12/h3-10,20H,11H2,1-2H3. The van der Waals surface area contributed by atoms with Crippen LogP contribution in [0.25, 0.3) is 10.9 Å². The number of hydrogen-bond acceptors (Lipinski definition) is 4. The van der Waals surface area contributed by atoms with Gasteiger partial charge in [-0.25, -0.2) is 0 Å². The van der Waals surface area contributed by atoms with E-state index in [0.717, 1.165) is 21.4 Å². The summed E-state index contributed by atoms with van der Waals surface area (Å²) in [5.41, 5.74) is 1.71. The summed E-state index contributed by atoms with van der Waals surface area (Å²) in [4.78, 5) is 14.0. The Morgan fingerprint density at radius 2 is 1.87 bits per heavy atom. The van der Waals surface area contributed by atoms with Crippen LogP contribution in [-0.2, 0) is 12.8 Å². The van der Waals surface area contributed by atoms with Crippen molar-refractivity contribution in [1.82, 2.24) is 4.57 Å². The minimum Gasteiger partial charge on any atom is -0.506 e. The number of aromatic hydroxyl groups is 1. The minimum absolute atomic E-state index is 0.0833. The van der Waals surface area contributed by atoms with Crippen molar-refractivity contribution in [2.24, 2.45) is 7.05 Å². The normalized spacial score (nSPS) is 11.0. The van der Waals surface area contributed by atoms with Crippen molar-refractivity contribution >= 4 is 34.4 Å². The van der Waals surface area contributed by atoms with E-state index in [1.165, 1.54) is 11.8 Å². The molecule has 0 aliphatic heterocycles. The fourth-order valence-electron chi connectivity index (χ4n) is 2.47. The average Bonchev–Trinajstić information content (AvgIpc) is 2.60. The SMILES string of the molecule is CSc1ccc2c(c1)c(O)c(SCc1ccccc1)c(=O)n2C. The van der Waals surface area contributed by atoms with Crippen LogP contribution >= 0.6 is 23.5 Å². The molecule has 3 nitrogen and oxygen atoms in total. The lowest BCUT2D eigenvalue weighted by Gasteiger charge is -2.12. The fourth-order valence-corrected chi connectivity index (χ4v) is 3.92. The fraction of sp³-hybridized carbons (Fsp3) is 0.167. The number of aromatic nitrogens is 1. The Hall–Kier alpha value is -1.85. The first-order chi connectivity index (χ1) is 11.1. The summed E-state index contributed by atoms with van der Waals surface area (Å²) >= 11 is 2.99. The first-order valence-corrected chi connectivity index (χ1v) is 9.39. The van der Waals surface area contributed by atoms with Crippen molar-refractivity contribution in [3.05, 3.63) is 64.4 Å². The highest BCUT2D eigenvalue weighted by molar-refractivity contribution is 7.98. The molecule has 0 atom stereocenters. The molecule has 1 N–H and O–H groups in total. The van der Waals surface area contributed by atoms with Gasteiger partial charge >= 0.3 is 0 Å². The third-order valence-corrected chi connectivity index (χ3v) is 5.62. The summed E-state index contributed by atoms with van der Waals surface area (Å²) in [6, 6.07) is 15.7. The van der Waals surface area contributed by atoms with Crippen molar-refractivity contribution in [2.75, 3.05) is 6.26 Å². The van der Waals surface area contributed by atoms with Crippen LogP contribution < -0.4 is 5.56 Å². The van der Waals surface area contributed by atoms with E-state index in [9.17, 15) is 9.90 Å². The van der Waals surface area contributed by atoms with Crippen molar-refractivity contribution in [2.45, 2.75) is 15.5 Å². The molecule has 0 aliphatic carbocycles. The number of hydrogen-bond donors (Lipinski definition) is 1. The monoisotopic (exact) mass is 343 g/mol. The zero-order chi connectivity index (χ0) is 16.4. The first-order valence-electron chi connectivity index (χ1n) is 7.18. The van der Waals surface area contributed by atoms with Gasteiger partial charge in [-0.3, -0.25) is 4.79 Å². The second-order valence-corrected chi connectivity index (χ2v) is 7.06. The minimum atomic E-state index is -0.159. The van der Waals surface area contributed by atoms with Gasteiger partial charge in [-0.1, -0.05) is 30.3 Å². The molecule has 0 radical (unpaired) electrons. The Morgan fingerprint density at radius 1 is 1.13 bits per heavy atom. The Kier molecular flexibility index (Phi) is 4.68. The summed E-state index contributed by atoms with van der Waals surface area (Å²) in [7, 11) is 1.75. The van der Waals surface area contributed by atoms with Crippen molar-refractivity contribution < 1.29 is 5.11 Å². The van der Waals surface area contributed by atoms with E-state index in [-0.39, 0.29) is 11.3 Å². The summed E-state index contributed by atoms with van der Waals surface area (Å²) in [6.45, 7) is 0. The van der Waals surface area contributed by atoms with Gasteiger partial charge in [-0.2, -0.15) is 0 Å². The van der Waals surface area contributed by atoms with Crippen molar-refractivity contribution in [3.63, 3.8) is 0 Å². The molecule has 0 aliphatic rings. The lowest BCUT2D eigenvalue weighted by atomic mass is 10.2. The van der Waals surface area contributed by atoms with Crippen molar-refractivity contribution in [3.8, 4) is 5.75 Å². The second kappa shape index (κ2) is 6.72. The molecule has 3 rings (SSSR count). The molecule has 0 amide bonds. The largest absolute Gasteiger partial charge is 0.506 e. The Morgan fingerprint density at radius 3 is 2.57 bits per heavy atom. The maximum Gasteiger partial charge on any atom is 0.268 e. The lowest BCUT2D eigenvalue weighted by molar-refractivity contribution is 0.465. The quantitative estimate of drug-likeness (QED) is 0.719. The summed E-state index contributed by atoms with van der Waals surface area (Å²) < 4.78 is 1.60. The Bertz CT molecular complexity index is 904. The van der Waals surface area contributed by atoms with Crippen LogP contribution in [0.15, 0.2) is 63.1 Å². The molecule has 0 saturated carbocycles. The molecule has 23 heavy (non-hydrogen) atoms. The van der Waals surface area contributed by atoms with Crippen LogP contribution in [0.4, 0.5) is 0 Å². The third kappa shape index (κ3) is 3.12. The lowest BCUT2D eigenvalue weighted by Crippen LogP contribution is -2.19. The number of aryl methyl sites for hydroxylation is 1. The van der Waals surface area contributed by atoms with Gasteiger partial charge in [0.2, 0.25) is 0 Å². The van der Waals surface area contributed by atoms with Gasteiger partial charge in [0, 0.05) is 23.1 Å². The molecule has 0 unspecified atom stereocenters. The molecule has 0 spiro atoms. The maximum atomic E-state index is 12.6. The molecule has 1 heterocycles. The highest BCUT2D eigenvalue weighted by Crippen LogP contribution is 2.35. The van der Waals surface area contributed by atoms with E-state index in [0.29, 0.717) is 10.6 Å². The zero-order valence-electron chi connectivity index (χ0n) is 12.9. The van der Waals surface area contributed by atoms with E-state index in [1.807, 2.05) is 54.8 Å². The molecule has 0 saturated heterocycles. The van der Waals surface area contributed by atoms with Gasteiger partial charge in [0.15, 0.2) is 0 Å². The number of thioether (sulfide) groups is 2. The van der Waals surface area contributed by atoms with Crippen LogP contribution in [0.3, 0.4) is 0 Å². The molecule has 118 valence electrons. The van der Waals surface area contributed by atoms with Gasteiger partial charge in [0.25, 0.3) is 5.56 Å². The van der Waals surface area contributed by atoms with Gasteiger partial charge in [0.05, 0.1) is 5.52 Å². The van der Waals surface area contributed by atoms with Crippen molar-refractivity contribution in [1.29, 1.82) is 0 Å². The number of benzene rings is 2. The topological polar surface area (TPSA) is 42.2 Å². The van der Waals surface area contributed by atoms with E-state index < -0.39 is 0 Å². The van der Waals surface area contributed by atoms with Gasteiger partial charge in [-0.05, 0) is 30.0 Å². The van der Waals surface area contributed by atoms with Crippen LogP contribution in [0.5, 0.6) is 5.75 Å². The van der Waals surface area contributed by atoms with E-state index in [2.05, 4.69) is 0 Å². The smallest absolute Gasteiger partial charge is 0.268 e. The molecule has 0 fully saturated rings. The molecular weight excluding hydrogens is 326 g/mol. The highest BCUT2D eigenvalue weighted by atomic mass is 32.2. The predicted molar refractivity (Wildman–Crippen MR) is 98.6 cm³/mol. The second-order valence-electron chi connectivity index (χ2n) is 5.20. The van der Waals surface area contributed by atoms with Gasteiger partial charge < -0.3 is 9.67 Å². The number of pyridine rings is 1. The first kappa shape index (κ1) is 16.0. The predicted octanol–water partition coefficient (Wildman–Crippen LogP) is 4.26. The van der Waals surface area contributed by atoms with E-state index >= 15 is 0 Å². The molecule has 2 aromatic carbocycles. The van der Waals surface area contributed by atoms with Crippen LogP contribution in [0.2, 0.25) is 0 Å². The van der Waals surface area contributed by atoms with E-state index in [1.54, 1.807) is 23.4 Å². The maximum absolute atomic E-state index is 12.6. The summed E-state index contributed by atoms with van der Waals surface area (Å²) in [5, 5.41) is 11.3. The Labute approximate surface area is 143 Å². The molecule has 5 heteroatoms. The average molecular weight is 343 g/mol. The molecule has 3 aromatic rings. The summed E-state index contributed by atoms with van der Waals surface area (Å²) in [5.74, 6) is 0.733. The summed E-state index contributed by atoms with van der Waals surface area (Å²) in [6.07, 6.45) is 1.99. The Balaban J connectivity index is 2.07. The van der Waals surface area contributed by atoms with E-state index in [4.69, 9.17) is 0 Å². The molecule has 1 aromatic heterocycles.